The number of nitrogens with zero attached hydrogens (tertiary/aromatic N) is 1. The van der Waals surface area contributed by atoms with Gasteiger partial charge in [-0.25, -0.2) is 0 Å². The predicted molar refractivity (Wildman–Crippen MR) is 91.9 cm³/mol. The highest BCUT2D eigenvalue weighted by molar-refractivity contribution is 6.09. The molecule has 0 aromatic heterocycles. The minimum absolute atomic E-state index is 0.0187. The highest BCUT2D eigenvalue weighted by Crippen LogP contribution is 2.18. The zero-order chi connectivity index (χ0) is 16.8. The van der Waals surface area contributed by atoms with Crippen LogP contribution < -0.4 is 4.90 Å². The second-order valence-corrected chi connectivity index (χ2v) is 5.85. The van der Waals surface area contributed by atoms with Crippen LogP contribution in [0, 0.1) is 0 Å². The fourth-order valence-electron chi connectivity index (χ4n) is 2.50. The average Bonchev–Trinajstić information content (AvgIpc) is 2.54. The highest BCUT2D eigenvalue weighted by Gasteiger charge is 2.13. The predicted octanol–water partition coefficient (Wildman–Crippen LogP) is 2.49. The first-order valence-corrected chi connectivity index (χ1v) is 7.78. The average molecular weight is 313 g/mol. The summed E-state index contributed by atoms with van der Waals surface area (Å²) in [6, 6.07) is 16.4. The molecule has 4 heteroatoms. The molecule has 0 saturated carbocycles. The van der Waals surface area contributed by atoms with E-state index in [1.807, 2.05) is 35.2 Å². The highest BCUT2D eigenvalue weighted by atomic mass is 16.3. The monoisotopic (exact) mass is 313 g/mol. The number of anilines is 1. The minimum Gasteiger partial charge on any atom is -0.392 e. The molecular weight excluding hydrogens is 290 g/mol. The number of hydrogen-bond acceptors (Lipinski definition) is 4. The number of rotatable bonds is 7. The lowest BCUT2D eigenvalue weighted by atomic mass is 10.0. The zero-order valence-corrected chi connectivity index (χ0v) is 13.5. The first-order valence-electron chi connectivity index (χ1n) is 7.78. The molecule has 2 N–H and O–H groups in total. The molecule has 4 nitrogen and oxygen atoms in total. The van der Waals surface area contributed by atoms with Gasteiger partial charge in [-0.1, -0.05) is 30.3 Å². The molecule has 0 aliphatic carbocycles. The Balaban J connectivity index is 2.18. The van der Waals surface area contributed by atoms with Crippen molar-refractivity contribution in [2.45, 2.75) is 26.1 Å². The fourth-order valence-corrected chi connectivity index (χ4v) is 2.50. The summed E-state index contributed by atoms with van der Waals surface area (Å²) in [6.45, 7) is 4.28. The molecule has 0 fully saturated rings. The van der Waals surface area contributed by atoms with Crippen molar-refractivity contribution in [3.05, 3.63) is 65.7 Å². The van der Waals surface area contributed by atoms with Crippen LogP contribution in [0.15, 0.2) is 54.6 Å². The van der Waals surface area contributed by atoms with Gasteiger partial charge < -0.3 is 15.1 Å². The van der Waals surface area contributed by atoms with Gasteiger partial charge in [0.1, 0.15) is 0 Å². The molecule has 122 valence electrons. The van der Waals surface area contributed by atoms with Gasteiger partial charge in [0, 0.05) is 29.9 Å². The van der Waals surface area contributed by atoms with E-state index in [2.05, 4.69) is 0 Å². The number of carbonyl (C=O) groups is 1. The quantitative estimate of drug-likeness (QED) is 0.771. The second kappa shape index (κ2) is 7.90. The first-order chi connectivity index (χ1) is 11.0. The molecule has 2 unspecified atom stereocenters. The molecule has 0 aliphatic rings. The maximum Gasteiger partial charge on any atom is 0.193 e. The third-order valence-electron chi connectivity index (χ3n) is 3.50. The van der Waals surface area contributed by atoms with Crippen molar-refractivity contribution in [3.63, 3.8) is 0 Å². The van der Waals surface area contributed by atoms with E-state index in [-0.39, 0.29) is 5.78 Å². The minimum atomic E-state index is -0.501. The van der Waals surface area contributed by atoms with E-state index in [1.54, 1.807) is 38.1 Å². The third-order valence-corrected chi connectivity index (χ3v) is 3.50. The van der Waals surface area contributed by atoms with Crippen molar-refractivity contribution in [1.82, 2.24) is 0 Å². The standard InChI is InChI=1S/C19H23NO3/c1-14(21)12-20(13-15(2)22)18-10-8-17(9-11-18)19(23)16-6-4-3-5-7-16/h3-11,14-15,21-22H,12-13H2,1-2H3. The molecule has 2 rings (SSSR count). The maximum absolute atomic E-state index is 12.4. The number of hydrogen-bond donors (Lipinski definition) is 2. The van der Waals surface area contributed by atoms with Gasteiger partial charge in [0.25, 0.3) is 0 Å². The third kappa shape index (κ3) is 4.91. The van der Waals surface area contributed by atoms with Gasteiger partial charge in [0.15, 0.2) is 5.78 Å². The second-order valence-electron chi connectivity index (χ2n) is 5.85. The molecule has 2 aromatic carbocycles. The van der Waals surface area contributed by atoms with Crippen molar-refractivity contribution in [1.29, 1.82) is 0 Å². The van der Waals surface area contributed by atoms with Crippen LogP contribution in [-0.2, 0) is 0 Å². The molecule has 0 aliphatic heterocycles. The van der Waals surface area contributed by atoms with E-state index in [9.17, 15) is 15.0 Å². The van der Waals surface area contributed by atoms with Crippen LogP contribution in [0.4, 0.5) is 5.69 Å². The summed E-state index contributed by atoms with van der Waals surface area (Å²) in [5.41, 5.74) is 2.15. The number of ketones is 1. The van der Waals surface area contributed by atoms with Gasteiger partial charge in [-0.05, 0) is 38.1 Å². The number of carbonyl (C=O) groups excluding carboxylic acids is 1. The van der Waals surface area contributed by atoms with E-state index < -0.39 is 12.2 Å². The normalized spacial score (nSPS) is 13.4. The summed E-state index contributed by atoms with van der Waals surface area (Å²) in [5, 5.41) is 19.2. The van der Waals surface area contributed by atoms with Gasteiger partial charge in [-0.2, -0.15) is 0 Å². The van der Waals surface area contributed by atoms with Gasteiger partial charge in [0.05, 0.1) is 12.2 Å². The molecule has 0 radical (unpaired) electrons. The van der Waals surface area contributed by atoms with Crippen LogP contribution in [0.1, 0.15) is 29.8 Å². The van der Waals surface area contributed by atoms with Crippen LogP contribution in [0.3, 0.4) is 0 Å². The Morgan fingerprint density at radius 3 is 1.83 bits per heavy atom. The van der Waals surface area contributed by atoms with Gasteiger partial charge in [0.2, 0.25) is 0 Å². The summed E-state index contributed by atoms with van der Waals surface area (Å²) >= 11 is 0. The molecule has 0 bridgehead atoms. The van der Waals surface area contributed by atoms with Crippen molar-refractivity contribution in [3.8, 4) is 0 Å². The van der Waals surface area contributed by atoms with Crippen molar-refractivity contribution >= 4 is 11.5 Å². The van der Waals surface area contributed by atoms with Crippen LogP contribution in [0.25, 0.3) is 0 Å². The van der Waals surface area contributed by atoms with Gasteiger partial charge in [-0.15, -0.1) is 0 Å². The Morgan fingerprint density at radius 2 is 1.35 bits per heavy atom. The Hall–Kier alpha value is -2.17. The number of aliphatic hydroxyl groups is 2. The Bertz CT molecular complexity index is 611. The Kier molecular flexibility index (Phi) is 5.90. The van der Waals surface area contributed by atoms with Crippen molar-refractivity contribution in [2.75, 3.05) is 18.0 Å². The lowest BCUT2D eigenvalue weighted by Gasteiger charge is -2.27. The molecular formula is C19H23NO3. The smallest absolute Gasteiger partial charge is 0.193 e. The lowest BCUT2D eigenvalue weighted by Crippen LogP contribution is -2.36. The number of benzene rings is 2. The lowest BCUT2D eigenvalue weighted by molar-refractivity contribution is 0.103. The summed E-state index contributed by atoms with van der Waals surface area (Å²) in [6.07, 6.45) is -1.00. The van der Waals surface area contributed by atoms with Crippen LogP contribution in [0.5, 0.6) is 0 Å². The first kappa shape index (κ1) is 17.2. The van der Waals surface area contributed by atoms with E-state index in [0.29, 0.717) is 24.2 Å². The van der Waals surface area contributed by atoms with Gasteiger partial charge in [-0.3, -0.25) is 4.79 Å². The molecule has 2 aromatic rings. The summed E-state index contributed by atoms with van der Waals surface area (Å²) in [5.74, 6) is -0.0187. The summed E-state index contributed by atoms with van der Waals surface area (Å²) < 4.78 is 0. The summed E-state index contributed by atoms with van der Waals surface area (Å²) in [4.78, 5) is 14.3. The van der Waals surface area contributed by atoms with Crippen LogP contribution in [-0.4, -0.2) is 41.3 Å². The zero-order valence-electron chi connectivity index (χ0n) is 13.5. The molecule has 0 heterocycles. The maximum atomic E-state index is 12.4. The largest absolute Gasteiger partial charge is 0.392 e. The summed E-state index contributed by atoms with van der Waals surface area (Å²) in [7, 11) is 0. The molecule has 0 saturated heterocycles. The molecule has 0 spiro atoms. The Morgan fingerprint density at radius 1 is 0.870 bits per heavy atom. The van der Waals surface area contributed by atoms with Crippen molar-refractivity contribution in [2.24, 2.45) is 0 Å². The van der Waals surface area contributed by atoms with E-state index >= 15 is 0 Å². The molecule has 23 heavy (non-hydrogen) atoms. The molecule has 2 atom stereocenters. The topological polar surface area (TPSA) is 60.8 Å². The van der Waals surface area contributed by atoms with Crippen LogP contribution >= 0.6 is 0 Å². The SMILES string of the molecule is CC(O)CN(CC(C)O)c1ccc(C(=O)c2ccccc2)cc1. The van der Waals surface area contributed by atoms with E-state index in [1.165, 1.54) is 0 Å². The fraction of sp³-hybridized carbons (Fsp3) is 0.316. The van der Waals surface area contributed by atoms with Crippen molar-refractivity contribution < 1.29 is 15.0 Å². The van der Waals surface area contributed by atoms with Gasteiger partial charge >= 0.3 is 0 Å². The number of aliphatic hydroxyl groups excluding tert-OH is 2. The Labute approximate surface area is 137 Å². The molecule has 0 amide bonds. The van der Waals surface area contributed by atoms with E-state index in [0.717, 1.165) is 5.69 Å². The van der Waals surface area contributed by atoms with Crippen LogP contribution in [0.2, 0.25) is 0 Å². The van der Waals surface area contributed by atoms with E-state index in [4.69, 9.17) is 0 Å².